The van der Waals surface area contributed by atoms with Crippen LogP contribution in [0.1, 0.15) is 104 Å². The SMILES string of the molecule is CCCCCCCCC=[CH][Sn](=[S])[CH]=CCCCCCCCC. The summed E-state index contributed by atoms with van der Waals surface area (Å²) in [6, 6.07) is 0. The first kappa shape index (κ1) is 22.5. The van der Waals surface area contributed by atoms with Gasteiger partial charge in [-0.05, 0) is 0 Å². The Kier molecular flexibility index (Phi) is 20.0. The van der Waals surface area contributed by atoms with Crippen molar-refractivity contribution in [1.82, 2.24) is 0 Å². The Labute approximate surface area is 150 Å². The van der Waals surface area contributed by atoms with E-state index in [0.717, 1.165) is 0 Å². The number of rotatable bonds is 16. The van der Waals surface area contributed by atoms with E-state index in [4.69, 9.17) is 9.29 Å². The Morgan fingerprint density at radius 2 is 0.955 bits per heavy atom. The average Bonchev–Trinajstić information content (AvgIpc) is 2.52. The molecule has 0 fully saturated rings. The summed E-state index contributed by atoms with van der Waals surface area (Å²) in [4.78, 5) is 0. The zero-order valence-electron chi connectivity index (χ0n) is 15.1. The number of unbranched alkanes of at least 4 members (excludes halogenated alkanes) is 12. The van der Waals surface area contributed by atoms with E-state index >= 15 is 0 Å². The molecule has 0 bridgehead atoms. The molecule has 0 atom stereocenters. The van der Waals surface area contributed by atoms with Crippen LogP contribution in [0.2, 0.25) is 0 Å². The van der Waals surface area contributed by atoms with Gasteiger partial charge in [-0.15, -0.1) is 0 Å². The van der Waals surface area contributed by atoms with Crippen LogP contribution in [0.4, 0.5) is 0 Å². The minimum atomic E-state index is -1.67. The summed E-state index contributed by atoms with van der Waals surface area (Å²) in [6.45, 7) is 4.55. The first-order valence-corrected chi connectivity index (χ1v) is 16.9. The normalized spacial score (nSPS) is 11.7. The van der Waals surface area contributed by atoms with Crippen LogP contribution in [-0.4, -0.2) is 17.8 Å². The first-order valence-electron chi connectivity index (χ1n) is 9.68. The molecule has 0 aliphatic heterocycles. The summed E-state index contributed by atoms with van der Waals surface area (Å²) >= 11 is -1.67. The molecule has 0 spiro atoms. The van der Waals surface area contributed by atoms with Gasteiger partial charge in [-0.3, -0.25) is 0 Å². The van der Waals surface area contributed by atoms with E-state index in [9.17, 15) is 0 Å². The third kappa shape index (κ3) is 18.5. The molecule has 22 heavy (non-hydrogen) atoms. The van der Waals surface area contributed by atoms with Gasteiger partial charge in [0.05, 0.1) is 0 Å². The number of hydrogen-bond acceptors (Lipinski definition) is 1. The zero-order chi connectivity index (χ0) is 16.3. The van der Waals surface area contributed by atoms with Crippen molar-refractivity contribution in [3.8, 4) is 0 Å². The molecule has 0 amide bonds. The Morgan fingerprint density at radius 1 is 0.591 bits per heavy atom. The van der Waals surface area contributed by atoms with Crippen molar-refractivity contribution in [2.75, 3.05) is 0 Å². The summed E-state index contributed by atoms with van der Waals surface area (Å²) < 4.78 is 4.78. The van der Waals surface area contributed by atoms with Gasteiger partial charge < -0.3 is 0 Å². The van der Waals surface area contributed by atoms with Crippen molar-refractivity contribution in [2.45, 2.75) is 104 Å². The quantitative estimate of drug-likeness (QED) is 0.178. The topological polar surface area (TPSA) is 0 Å². The van der Waals surface area contributed by atoms with E-state index in [1.54, 1.807) is 0 Å². The van der Waals surface area contributed by atoms with Crippen molar-refractivity contribution < 1.29 is 0 Å². The van der Waals surface area contributed by atoms with Crippen LogP contribution in [0.5, 0.6) is 0 Å². The Morgan fingerprint density at radius 3 is 1.36 bits per heavy atom. The van der Waals surface area contributed by atoms with Crippen molar-refractivity contribution >= 4 is 27.1 Å². The van der Waals surface area contributed by atoms with Crippen LogP contribution >= 0.6 is 9.29 Å². The summed E-state index contributed by atoms with van der Waals surface area (Å²) in [5.41, 5.74) is 0. The number of allylic oxidation sites excluding steroid dienone is 2. The van der Waals surface area contributed by atoms with Gasteiger partial charge in [0.15, 0.2) is 0 Å². The second kappa shape index (κ2) is 19.5. The molecule has 0 N–H and O–H groups in total. The van der Waals surface area contributed by atoms with Gasteiger partial charge >= 0.3 is 151 Å². The molecule has 0 nitrogen and oxygen atoms in total. The van der Waals surface area contributed by atoms with Crippen LogP contribution < -0.4 is 0 Å². The first-order chi connectivity index (χ1) is 10.8. The molecule has 0 rings (SSSR count). The molecule has 2 heteroatoms. The Hall–Kier alpha value is 0.499. The van der Waals surface area contributed by atoms with Gasteiger partial charge in [0, 0.05) is 0 Å². The molecule has 0 saturated heterocycles. The molecule has 128 valence electrons. The molecule has 0 radical (unpaired) electrons. The molecule has 0 aromatic carbocycles. The average molecular weight is 429 g/mol. The molecule has 0 aromatic rings. The standard InChI is InChI=1S/2C10H19.S.Sn/c2*1-3-5-7-9-10-8-6-4-2;;/h2*1,3H,4-10H2,2H3;;. The molecular weight excluding hydrogens is 391 g/mol. The van der Waals surface area contributed by atoms with E-state index < -0.39 is 17.8 Å². The van der Waals surface area contributed by atoms with Crippen LogP contribution in [0.3, 0.4) is 0 Å². The van der Waals surface area contributed by atoms with Crippen LogP contribution in [0, 0.1) is 0 Å². The zero-order valence-corrected chi connectivity index (χ0v) is 18.8. The fraction of sp³-hybridized carbons (Fsp3) is 0.800. The van der Waals surface area contributed by atoms with Gasteiger partial charge in [0.1, 0.15) is 0 Å². The predicted molar refractivity (Wildman–Crippen MR) is 108 cm³/mol. The Bertz CT molecular complexity index is 266. The fourth-order valence-corrected chi connectivity index (χ4v) is 6.43. The summed E-state index contributed by atoms with van der Waals surface area (Å²) in [6.07, 6.45) is 23.9. The second-order valence-corrected chi connectivity index (χ2v) is 13.7. The van der Waals surface area contributed by atoms with Gasteiger partial charge in [-0.2, -0.15) is 0 Å². The minimum absolute atomic E-state index is 1.25. The van der Waals surface area contributed by atoms with E-state index in [0.29, 0.717) is 0 Å². The van der Waals surface area contributed by atoms with Crippen LogP contribution in [0.15, 0.2) is 20.3 Å². The number of hydrogen-bond donors (Lipinski definition) is 0. The van der Waals surface area contributed by atoms with Crippen LogP contribution in [0.25, 0.3) is 0 Å². The van der Waals surface area contributed by atoms with Gasteiger partial charge in [0.2, 0.25) is 0 Å². The van der Waals surface area contributed by atoms with Crippen molar-refractivity contribution in [3.05, 3.63) is 20.3 Å². The van der Waals surface area contributed by atoms with E-state index in [2.05, 4.69) is 34.2 Å². The summed E-state index contributed by atoms with van der Waals surface area (Å²) in [5.74, 6) is 0. The van der Waals surface area contributed by atoms with Gasteiger partial charge in [-0.1, -0.05) is 0 Å². The molecule has 0 aliphatic carbocycles. The fourth-order valence-electron chi connectivity index (χ4n) is 2.54. The molecule has 0 saturated carbocycles. The van der Waals surface area contributed by atoms with Gasteiger partial charge in [0.25, 0.3) is 0 Å². The van der Waals surface area contributed by atoms with Crippen molar-refractivity contribution in [1.29, 1.82) is 0 Å². The third-order valence-electron chi connectivity index (χ3n) is 4.01. The predicted octanol–water partition coefficient (Wildman–Crippen LogP) is 7.87. The van der Waals surface area contributed by atoms with E-state index in [-0.39, 0.29) is 0 Å². The van der Waals surface area contributed by atoms with Gasteiger partial charge in [-0.25, -0.2) is 0 Å². The summed E-state index contributed by atoms with van der Waals surface area (Å²) in [7, 11) is 5.63. The van der Waals surface area contributed by atoms with E-state index in [1.807, 2.05) is 0 Å². The summed E-state index contributed by atoms with van der Waals surface area (Å²) in [5, 5.41) is 0. The molecule has 0 aliphatic rings. The monoisotopic (exact) mass is 430 g/mol. The third-order valence-corrected chi connectivity index (χ3v) is 9.06. The maximum atomic E-state index is 5.63. The van der Waals surface area contributed by atoms with Crippen molar-refractivity contribution in [2.24, 2.45) is 0 Å². The Balaban J connectivity index is 3.39. The molecular formula is C20H38SSn. The van der Waals surface area contributed by atoms with Crippen LogP contribution in [-0.2, 0) is 0 Å². The second-order valence-electron chi connectivity index (χ2n) is 6.32. The molecule has 0 unspecified atom stereocenters. The maximum absolute atomic E-state index is 5.63. The molecule has 0 aromatic heterocycles. The van der Waals surface area contributed by atoms with Crippen molar-refractivity contribution in [3.63, 3.8) is 0 Å². The molecule has 0 heterocycles. The van der Waals surface area contributed by atoms with E-state index in [1.165, 1.54) is 89.9 Å².